The Labute approximate surface area is 134 Å². The molecular formula is C8H8Cl6N4. The standard InChI is InChI=1S/C8H8Cl6N4/c1-3(2)15-6-17-4(7(9,10)11)16-5(18-6)8(12,13)14/h3H,1-2H3,(H,15,16,17,18). The molecule has 10 heteroatoms. The molecular weight excluding hydrogens is 365 g/mol. The number of nitrogens with zero attached hydrogens (tertiary/aromatic N) is 3. The van der Waals surface area contributed by atoms with Gasteiger partial charge in [0, 0.05) is 6.04 Å². The summed E-state index contributed by atoms with van der Waals surface area (Å²) in [5.74, 6) is -0.0680. The second kappa shape index (κ2) is 5.90. The van der Waals surface area contributed by atoms with Crippen LogP contribution in [0.25, 0.3) is 0 Å². The van der Waals surface area contributed by atoms with Crippen molar-refractivity contribution < 1.29 is 0 Å². The summed E-state index contributed by atoms with van der Waals surface area (Å²) in [6.45, 7) is 3.77. The number of hydrogen-bond donors (Lipinski definition) is 1. The molecule has 0 fully saturated rings. The molecule has 1 aromatic rings. The SMILES string of the molecule is CC(C)Nc1nc(C(Cl)(Cl)Cl)nc(C(Cl)(Cl)Cl)n1. The van der Waals surface area contributed by atoms with Crippen molar-refractivity contribution in [3.63, 3.8) is 0 Å². The molecule has 0 aliphatic rings. The molecule has 0 atom stereocenters. The van der Waals surface area contributed by atoms with E-state index in [9.17, 15) is 0 Å². The van der Waals surface area contributed by atoms with Gasteiger partial charge in [0.2, 0.25) is 13.5 Å². The lowest BCUT2D eigenvalue weighted by atomic mass is 10.4. The summed E-state index contributed by atoms with van der Waals surface area (Å²) in [5.41, 5.74) is 0. The van der Waals surface area contributed by atoms with Gasteiger partial charge in [0.05, 0.1) is 0 Å². The monoisotopic (exact) mass is 370 g/mol. The van der Waals surface area contributed by atoms with Crippen molar-refractivity contribution in [1.82, 2.24) is 15.0 Å². The van der Waals surface area contributed by atoms with Gasteiger partial charge in [0.25, 0.3) is 0 Å². The van der Waals surface area contributed by atoms with Gasteiger partial charge < -0.3 is 5.32 Å². The van der Waals surface area contributed by atoms with Gasteiger partial charge in [0.1, 0.15) is 0 Å². The van der Waals surface area contributed by atoms with Crippen LogP contribution in [0.15, 0.2) is 0 Å². The maximum atomic E-state index is 5.71. The van der Waals surface area contributed by atoms with Gasteiger partial charge in [-0.15, -0.1) is 0 Å². The Balaban J connectivity index is 3.29. The minimum Gasteiger partial charge on any atom is -0.352 e. The molecule has 4 nitrogen and oxygen atoms in total. The lowest BCUT2D eigenvalue weighted by molar-refractivity contribution is 0.811. The van der Waals surface area contributed by atoms with E-state index < -0.39 is 7.59 Å². The molecule has 1 aromatic heterocycles. The molecule has 102 valence electrons. The summed E-state index contributed by atoms with van der Waals surface area (Å²) in [6, 6.07) is 0.0545. The van der Waals surface area contributed by atoms with Gasteiger partial charge in [0.15, 0.2) is 11.6 Å². The third-order valence-corrected chi connectivity index (χ3v) is 2.57. The van der Waals surface area contributed by atoms with Crippen LogP contribution in [0.4, 0.5) is 5.95 Å². The van der Waals surface area contributed by atoms with Crippen molar-refractivity contribution in [3.8, 4) is 0 Å². The number of halogens is 6. The molecule has 0 unspecified atom stereocenters. The fourth-order valence-corrected chi connectivity index (χ4v) is 1.46. The normalized spacial score (nSPS) is 12.9. The van der Waals surface area contributed by atoms with E-state index in [0.717, 1.165) is 0 Å². The highest BCUT2D eigenvalue weighted by Gasteiger charge is 2.33. The third kappa shape index (κ3) is 4.91. The summed E-state index contributed by atoms with van der Waals surface area (Å²) >= 11 is 34.3. The van der Waals surface area contributed by atoms with Gasteiger partial charge in [-0.3, -0.25) is 0 Å². The van der Waals surface area contributed by atoms with Crippen LogP contribution in [0, 0.1) is 0 Å². The van der Waals surface area contributed by atoms with Crippen LogP contribution in [-0.4, -0.2) is 21.0 Å². The van der Waals surface area contributed by atoms with Crippen molar-refractivity contribution in [1.29, 1.82) is 0 Å². The largest absolute Gasteiger partial charge is 0.352 e. The first-order valence-electron chi connectivity index (χ1n) is 4.67. The maximum absolute atomic E-state index is 5.71. The predicted molar refractivity (Wildman–Crippen MR) is 77.1 cm³/mol. The van der Waals surface area contributed by atoms with Crippen molar-refractivity contribution in [2.75, 3.05) is 5.32 Å². The highest BCUT2D eigenvalue weighted by atomic mass is 35.6. The van der Waals surface area contributed by atoms with Crippen LogP contribution >= 0.6 is 69.6 Å². The Morgan fingerprint density at radius 2 is 1.22 bits per heavy atom. The first-order chi connectivity index (χ1) is 8.00. The molecule has 0 aromatic carbocycles. The summed E-state index contributed by atoms with van der Waals surface area (Å²) in [4.78, 5) is 11.7. The van der Waals surface area contributed by atoms with Gasteiger partial charge in [-0.2, -0.15) is 9.97 Å². The van der Waals surface area contributed by atoms with E-state index in [1.165, 1.54) is 0 Å². The van der Waals surface area contributed by atoms with E-state index >= 15 is 0 Å². The van der Waals surface area contributed by atoms with Crippen LogP contribution in [0.5, 0.6) is 0 Å². The average Bonchev–Trinajstić information content (AvgIpc) is 2.13. The number of anilines is 1. The van der Waals surface area contributed by atoms with Crippen LogP contribution in [-0.2, 0) is 7.59 Å². The highest BCUT2D eigenvalue weighted by molar-refractivity contribution is 6.67. The highest BCUT2D eigenvalue weighted by Crippen LogP contribution is 2.40. The van der Waals surface area contributed by atoms with Crippen LogP contribution in [0.3, 0.4) is 0 Å². The van der Waals surface area contributed by atoms with Crippen LogP contribution in [0.2, 0.25) is 0 Å². The molecule has 0 bridgehead atoms. The number of rotatable bonds is 2. The summed E-state index contributed by atoms with van der Waals surface area (Å²) in [6.07, 6.45) is 0. The maximum Gasteiger partial charge on any atom is 0.250 e. The number of hydrogen-bond acceptors (Lipinski definition) is 4. The summed E-state index contributed by atoms with van der Waals surface area (Å²) < 4.78 is -3.66. The predicted octanol–water partition coefficient (Wildman–Crippen LogP) is 4.35. The minimum absolute atomic E-state index is 0.0545. The molecule has 0 saturated carbocycles. The number of alkyl halides is 6. The molecule has 1 rings (SSSR count). The lowest BCUT2D eigenvalue weighted by Gasteiger charge is -2.16. The Morgan fingerprint density at radius 1 is 0.833 bits per heavy atom. The third-order valence-electron chi connectivity index (χ3n) is 1.56. The second-order valence-corrected chi connectivity index (χ2v) is 8.16. The van der Waals surface area contributed by atoms with Gasteiger partial charge in [-0.05, 0) is 13.8 Å². The molecule has 0 aliphatic heterocycles. The molecule has 0 amide bonds. The van der Waals surface area contributed by atoms with Crippen molar-refractivity contribution >= 4 is 75.6 Å². The molecule has 1 N–H and O–H groups in total. The fraction of sp³-hybridized carbons (Fsp3) is 0.625. The zero-order chi connectivity index (χ0) is 14.1. The summed E-state index contributed by atoms with van der Waals surface area (Å²) in [5, 5.41) is 2.92. The first kappa shape index (κ1) is 16.6. The van der Waals surface area contributed by atoms with Crippen LogP contribution in [0.1, 0.15) is 25.5 Å². The van der Waals surface area contributed by atoms with Crippen molar-refractivity contribution in [2.45, 2.75) is 27.5 Å². The smallest absolute Gasteiger partial charge is 0.250 e. The lowest BCUT2D eigenvalue weighted by Crippen LogP contribution is -2.20. The minimum atomic E-state index is -1.83. The number of nitrogens with one attached hydrogen (secondary N) is 1. The van der Waals surface area contributed by atoms with E-state index in [0.29, 0.717) is 0 Å². The quantitative estimate of drug-likeness (QED) is 0.784. The summed E-state index contributed by atoms with van der Waals surface area (Å²) in [7, 11) is 0. The Kier molecular flexibility index (Phi) is 5.44. The van der Waals surface area contributed by atoms with Gasteiger partial charge in [-0.25, -0.2) is 4.98 Å². The van der Waals surface area contributed by atoms with Gasteiger partial charge >= 0.3 is 0 Å². The zero-order valence-corrected chi connectivity index (χ0v) is 13.7. The van der Waals surface area contributed by atoms with Gasteiger partial charge in [-0.1, -0.05) is 69.6 Å². The zero-order valence-electron chi connectivity index (χ0n) is 9.19. The van der Waals surface area contributed by atoms with Crippen molar-refractivity contribution in [3.05, 3.63) is 11.6 Å². The van der Waals surface area contributed by atoms with E-state index in [2.05, 4.69) is 20.3 Å². The fourth-order valence-electron chi connectivity index (χ4n) is 0.952. The topological polar surface area (TPSA) is 50.7 Å². The molecule has 0 aliphatic carbocycles. The Bertz CT molecular complexity index is 392. The number of aromatic nitrogens is 3. The molecule has 0 radical (unpaired) electrons. The molecule has 0 spiro atoms. The molecule has 0 saturated heterocycles. The molecule has 1 heterocycles. The Morgan fingerprint density at radius 3 is 1.50 bits per heavy atom. The van der Waals surface area contributed by atoms with E-state index in [-0.39, 0.29) is 23.6 Å². The van der Waals surface area contributed by atoms with Crippen LogP contribution < -0.4 is 5.32 Å². The van der Waals surface area contributed by atoms with E-state index in [4.69, 9.17) is 69.6 Å². The Hall–Kier alpha value is 0.550. The van der Waals surface area contributed by atoms with Crippen molar-refractivity contribution in [2.24, 2.45) is 0 Å². The molecule has 18 heavy (non-hydrogen) atoms. The second-order valence-electron chi connectivity index (χ2n) is 3.60. The van der Waals surface area contributed by atoms with E-state index in [1.54, 1.807) is 0 Å². The average molecular weight is 373 g/mol. The van der Waals surface area contributed by atoms with E-state index in [1.807, 2.05) is 13.8 Å². The first-order valence-corrected chi connectivity index (χ1v) is 6.94.